The fraction of sp³-hybridized carbons (Fsp3) is 0.467. The van der Waals surface area contributed by atoms with E-state index in [1.54, 1.807) is 19.3 Å². The molecule has 3 rings (SSSR count). The average molecular weight is 370 g/mol. The number of alkyl halides is 3. The molecule has 1 fully saturated rings. The summed E-state index contributed by atoms with van der Waals surface area (Å²) in [7, 11) is 1.66. The van der Waals surface area contributed by atoms with Crippen molar-refractivity contribution in [1.82, 2.24) is 25.1 Å². The number of anilines is 1. The zero-order valence-electron chi connectivity index (χ0n) is 13.9. The Bertz CT molecular complexity index is 775. The molecule has 3 heterocycles. The molecule has 0 saturated carbocycles. The first-order chi connectivity index (χ1) is 12.4. The van der Waals surface area contributed by atoms with Crippen molar-refractivity contribution in [2.24, 2.45) is 5.92 Å². The van der Waals surface area contributed by atoms with Crippen molar-refractivity contribution in [1.29, 1.82) is 0 Å². The van der Waals surface area contributed by atoms with Crippen molar-refractivity contribution in [3.05, 3.63) is 35.4 Å². The first-order valence-electron chi connectivity index (χ1n) is 7.86. The normalized spacial score (nSPS) is 14.8. The number of carbonyl (C=O) groups is 1. The van der Waals surface area contributed by atoms with Gasteiger partial charge in [-0.3, -0.25) is 9.89 Å². The summed E-state index contributed by atoms with van der Waals surface area (Å²) in [4.78, 5) is 22.4. The summed E-state index contributed by atoms with van der Waals surface area (Å²) < 4.78 is 43.3. The molecule has 0 bridgehead atoms. The maximum Gasteiger partial charge on any atom is 0.435 e. The van der Waals surface area contributed by atoms with Gasteiger partial charge in [-0.1, -0.05) is 0 Å². The van der Waals surface area contributed by atoms with Gasteiger partial charge >= 0.3 is 6.18 Å². The van der Waals surface area contributed by atoms with E-state index in [0.717, 1.165) is 0 Å². The standard InChI is InChI=1S/C15H17F3N6O2/c1-19-14-20-3-2-10(21-14)6-24(5-9-7-26-8-9)13(25)11-4-12(23-22-11)15(16,17)18/h2-4,9H,5-8H2,1H3,(H,22,23)(H,19,20,21). The molecule has 0 aliphatic carbocycles. The first-order valence-corrected chi connectivity index (χ1v) is 7.86. The summed E-state index contributed by atoms with van der Waals surface area (Å²) in [5.41, 5.74) is -0.791. The Morgan fingerprint density at radius 1 is 1.46 bits per heavy atom. The smallest absolute Gasteiger partial charge is 0.381 e. The maximum atomic E-state index is 12.7. The minimum atomic E-state index is -4.62. The Labute approximate surface area is 146 Å². The van der Waals surface area contributed by atoms with E-state index in [0.29, 0.717) is 37.5 Å². The highest BCUT2D eigenvalue weighted by molar-refractivity contribution is 5.92. The summed E-state index contributed by atoms with van der Waals surface area (Å²) >= 11 is 0. The maximum absolute atomic E-state index is 12.7. The van der Waals surface area contributed by atoms with Crippen molar-refractivity contribution < 1.29 is 22.7 Å². The highest BCUT2D eigenvalue weighted by Gasteiger charge is 2.35. The monoisotopic (exact) mass is 370 g/mol. The first kappa shape index (κ1) is 18.1. The molecular formula is C15H17F3N6O2. The van der Waals surface area contributed by atoms with Crippen LogP contribution in [0.25, 0.3) is 0 Å². The Hall–Kier alpha value is -2.69. The topological polar surface area (TPSA) is 96.0 Å². The number of aromatic amines is 1. The van der Waals surface area contributed by atoms with Crippen molar-refractivity contribution in [2.75, 3.05) is 32.1 Å². The van der Waals surface area contributed by atoms with Gasteiger partial charge in [0.2, 0.25) is 5.95 Å². The van der Waals surface area contributed by atoms with Crippen molar-refractivity contribution >= 4 is 11.9 Å². The van der Waals surface area contributed by atoms with Crippen LogP contribution in [0.5, 0.6) is 0 Å². The van der Waals surface area contributed by atoms with E-state index in [1.165, 1.54) is 4.90 Å². The van der Waals surface area contributed by atoms with Gasteiger partial charge in [-0.15, -0.1) is 0 Å². The molecule has 0 aromatic carbocycles. The fourth-order valence-corrected chi connectivity index (χ4v) is 2.47. The van der Waals surface area contributed by atoms with E-state index in [4.69, 9.17) is 4.74 Å². The van der Waals surface area contributed by atoms with Crippen LogP contribution in [-0.2, 0) is 17.5 Å². The molecule has 11 heteroatoms. The van der Waals surface area contributed by atoms with Crippen molar-refractivity contribution in [3.8, 4) is 0 Å². The SMILES string of the molecule is CNc1nccc(CN(CC2COC2)C(=O)c2cc(C(F)(F)F)n[nH]2)n1. The number of ether oxygens (including phenoxy) is 1. The van der Waals surface area contributed by atoms with E-state index >= 15 is 0 Å². The van der Waals surface area contributed by atoms with E-state index in [-0.39, 0.29) is 18.2 Å². The lowest BCUT2D eigenvalue weighted by molar-refractivity contribution is -0.141. The lowest BCUT2D eigenvalue weighted by Gasteiger charge is -2.32. The van der Waals surface area contributed by atoms with Gasteiger partial charge in [-0.25, -0.2) is 9.97 Å². The van der Waals surface area contributed by atoms with Crippen LogP contribution in [0.4, 0.5) is 19.1 Å². The molecule has 0 atom stereocenters. The molecule has 1 aliphatic rings. The Morgan fingerprint density at radius 2 is 2.23 bits per heavy atom. The molecule has 1 aliphatic heterocycles. The van der Waals surface area contributed by atoms with Gasteiger partial charge in [0.05, 0.1) is 25.5 Å². The third kappa shape index (κ3) is 4.10. The Balaban J connectivity index is 1.80. The Morgan fingerprint density at radius 3 is 2.81 bits per heavy atom. The highest BCUT2D eigenvalue weighted by Crippen LogP contribution is 2.28. The lowest BCUT2D eigenvalue weighted by atomic mass is 10.1. The number of halogens is 3. The zero-order chi connectivity index (χ0) is 18.7. The third-order valence-corrected chi connectivity index (χ3v) is 3.86. The van der Waals surface area contributed by atoms with Crippen LogP contribution >= 0.6 is 0 Å². The number of aromatic nitrogens is 4. The van der Waals surface area contributed by atoms with Gasteiger partial charge in [0.1, 0.15) is 5.69 Å². The third-order valence-electron chi connectivity index (χ3n) is 3.86. The molecule has 2 N–H and O–H groups in total. The fourth-order valence-electron chi connectivity index (χ4n) is 2.47. The van der Waals surface area contributed by atoms with E-state index < -0.39 is 17.8 Å². The number of hydrogen-bond donors (Lipinski definition) is 2. The average Bonchev–Trinajstić information content (AvgIpc) is 3.07. The number of carbonyl (C=O) groups excluding carboxylic acids is 1. The summed E-state index contributed by atoms with van der Waals surface area (Å²) in [6, 6.07) is 2.36. The molecule has 1 saturated heterocycles. The zero-order valence-corrected chi connectivity index (χ0v) is 13.9. The van der Waals surface area contributed by atoms with Gasteiger partial charge in [0.25, 0.3) is 5.91 Å². The second kappa shape index (κ2) is 7.28. The number of hydrogen-bond acceptors (Lipinski definition) is 6. The minimum absolute atomic E-state index is 0.132. The van der Waals surface area contributed by atoms with Gasteiger partial charge in [-0.2, -0.15) is 18.3 Å². The van der Waals surface area contributed by atoms with E-state index in [1.807, 2.05) is 0 Å². The van der Waals surface area contributed by atoms with Crippen molar-refractivity contribution in [3.63, 3.8) is 0 Å². The van der Waals surface area contributed by atoms with Crippen LogP contribution in [0.2, 0.25) is 0 Å². The molecular weight excluding hydrogens is 353 g/mol. The van der Waals surface area contributed by atoms with Gasteiger partial charge in [-0.05, 0) is 6.07 Å². The quantitative estimate of drug-likeness (QED) is 0.801. The summed E-state index contributed by atoms with van der Waals surface area (Å²) in [5, 5.41) is 8.15. The molecule has 0 radical (unpaired) electrons. The predicted octanol–water partition coefficient (Wildman–Crippen LogP) is 1.55. The molecule has 0 unspecified atom stereocenters. The molecule has 0 spiro atoms. The molecule has 2 aromatic heterocycles. The van der Waals surface area contributed by atoms with E-state index in [2.05, 4.69) is 25.5 Å². The summed E-state index contributed by atoms with van der Waals surface area (Å²) in [6.07, 6.45) is -3.07. The van der Waals surface area contributed by atoms with Gasteiger partial charge in [0, 0.05) is 31.8 Å². The Kier molecular flexibility index (Phi) is 5.07. The minimum Gasteiger partial charge on any atom is -0.381 e. The molecule has 26 heavy (non-hydrogen) atoms. The van der Waals surface area contributed by atoms with Crippen LogP contribution in [0.15, 0.2) is 18.3 Å². The summed E-state index contributed by atoms with van der Waals surface area (Å²) in [5.74, 6) is -0.0538. The molecule has 140 valence electrons. The summed E-state index contributed by atoms with van der Waals surface area (Å²) in [6.45, 7) is 1.49. The molecule has 8 nitrogen and oxygen atoms in total. The van der Waals surface area contributed by atoms with E-state index in [9.17, 15) is 18.0 Å². The molecule has 2 aromatic rings. The molecule has 1 amide bonds. The second-order valence-corrected chi connectivity index (χ2v) is 5.88. The number of nitrogens with zero attached hydrogens (tertiary/aromatic N) is 4. The number of H-pyrrole nitrogens is 1. The van der Waals surface area contributed by atoms with Crippen LogP contribution in [0.3, 0.4) is 0 Å². The highest BCUT2D eigenvalue weighted by atomic mass is 19.4. The van der Waals surface area contributed by atoms with Crippen LogP contribution in [0.1, 0.15) is 21.9 Å². The predicted molar refractivity (Wildman–Crippen MR) is 84.2 cm³/mol. The van der Waals surface area contributed by atoms with Gasteiger partial charge in [0.15, 0.2) is 5.69 Å². The van der Waals surface area contributed by atoms with Crippen LogP contribution < -0.4 is 5.32 Å². The number of rotatable bonds is 6. The van der Waals surface area contributed by atoms with Crippen LogP contribution in [0, 0.1) is 5.92 Å². The number of amides is 1. The van der Waals surface area contributed by atoms with Crippen LogP contribution in [-0.4, -0.2) is 57.8 Å². The largest absolute Gasteiger partial charge is 0.435 e. The van der Waals surface area contributed by atoms with Crippen molar-refractivity contribution in [2.45, 2.75) is 12.7 Å². The number of nitrogens with one attached hydrogen (secondary N) is 2. The lowest BCUT2D eigenvalue weighted by Crippen LogP contribution is -2.42. The van der Waals surface area contributed by atoms with Gasteiger partial charge < -0.3 is 15.0 Å². The second-order valence-electron chi connectivity index (χ2n) is 5.88.